The van der Waals surface area contributed by atoms with Crippen LogP contribution in [0.15, 0.2) is 12.3 Å². The first-order chi connectivity index (χ1) is 11.0. The van der Waals surface area contributed by atoms with Gasteiger partial charge >= 0.3 is 0 Å². The molecular formula is C20H42BrNO2. The van der Waals surface area contributed by atoms with Gasteiger partial charge in [-0.05, 0) is 6.42 Å². The van der Waals surface area contributed by atoms with Crippen LogP contribution in [0.25, 0.3) is 0 Å². The number of ether oxygens (including phenoxy) is 2. The Kier molecular flexibility index (Phi) is 19.4. The fourth-order valence-electron chi connectivity index (χ4n) is 2.37. The second-order valence-corrected chi connectivity index (χ2v) is 7.64. The highest BCUT2D eigenvalue weighted by Gasteiger charge is 2.06. The molecule has 0 N–H and O–H groups in total. The van der Waals surface area contributed by atoms with Crippen molar-refractivity contribution in [2.45, 2.75) is 71.1 Å². The highest BCUT2D eigenvalue weighted by Crippen LogP contribution is 2.10. The van der Waals surface area contributed by atoms with Crippen molar-refractivity contribution in [3.05, 3.63) is 12.3 Å². The average Bonchev–Trinajstić information content (AvgIpc) is 2.48. The number of likely N-dealkylation sites (N-methyl/N-ethyl adjacent to an activating group) is 1. The summed E-state index contributed by atoms with van der Waals surface area (Å²) in [5.74, 6) is 0.766. The molecule has 0 rings (SSSR count). The summed E-state index contributed by atoms with van der Waals surface area (Å²) in [6, 6.07) is 0. The van der Waals surface area contributed by atoms with Gasteiger partial charge in [-0.2, -0.15) is 0 Å². The summed E-state index contributed by atoms with van der Waals surface area (Å²) < 4.78 is 12.1. The highest BCUT2D eigenvalue weighted by atomic mass is 79.9. The van der Waals surface area contributed by atoms with Crippen molar-refractivity contribution in [1.82, 2.24) is 0 Å². The van der Waals surface area contributed by atoms with Gasteiger partial charge in [-0.3, -0.25) is 0 Å². The van der Waals surface area contributed by atoms with Crippen molar-refractivity contribution in [2.75, 3.05) is 47.5 Å². The van der Waals surface area contributed by atoms with E-state index in [0.717, 1.165) is 36.4 Å². The van der Waals surface area contributed by atoms with Crippen LogP contribution in [0.2, 0.25) is 0 Å². The third-order valence-corrected chi connectivity index (χ3v) is 3.97. The number of quaternary nitrogens is 1. The molecule has 0 radical (unpaired) electrons. The molecule has 0 fully saturated rings. The van der Waals surface area contributed by atoms with Crippen molar-refractivity contribution in [3.8, 4) is 0 Å². The van der Waals surface area contributed by atoms with Gasteiger partial charge in [-0.25, -0.2) is 0 Å². The number of unbranched alkanes of at least 4 members (excludes halogenated alkanes) is 9. The lowest BCUT2D eigenvalue weighted by molar-refractivity contribution is -0.870. The van der Waals surface area contributed by atoms with E-state index in [2.05, 4.69) is 34.6 Å². The zero-order valence-electron chi connectivity index (χ0n) is 16.7. The maximum Gasteiger partial charge on any atom is 0.114 e. The third-order valence-electron chi connectivity index (χ3n) is 3.97. The lowest BCUT2D eigenvalue weighted by Gasteiger charge is -2.23. The summed E-state index contributed by atoms with van der Waals surface area (Å²) in [7, 11) is 6.50. The summed E-state index contributed by atoms with van der Waals surface area (Å²) in [5, 5.41) is 0. The minimum atomic E-state index is 0. The zero-order valence-corrected chi connectivity index (χ0v) is 18.3. The van der Waals surface area contributed by atoms with Gasteiger partial charge < -0.3 is 30.9 Å². The minimum absolute atomic E-state index is 0. The van der Waals surface area contributed by atoms with Crippen LogP contribution in [-0.2, 0) is 9.47 Å². The summed E-state index contributed by atoms with van der Waals surface area (Å²) in [6.07, 6.45) is 13.5. The number of rotatable bonds is 17. The van der Waals surface area contributed by atoms with Crippen LogP contribution in [0.4, 0.5) is 0 Å². The van der Waals surface area contributed by atoms with Crippen molar-refractivity contribution in [2.24, 2.45) is 0 Å². The Morgan fingerprint density at radius 2 is 1.29 bits per heavy atom. The first-order valence-corrected chi connectivity index (χ1v) is 9.64. The van der Waals surface area contributed by atoms with E-state index in [1.165, 1.54) is 57.8 Å². The first kappa shape index (κ1) is 26.2. The Morgan fingerprint density at radius 3 is 1.79 bits per heavy atom. The second kappa shape index (κ2) is 17.8. The quantitative estimate of drug-likeness (QED) is 0.209. The molecule has 0 atom stereocenters. The molecule has 0 unspecified atom stereocenters. The maximum atomic E-state index is 5.62. The van der Waals surface area contributed by atoms with Gasteiger partial charge in [0.05, 0.1) is 34.4 Å². The van der Waals surface area contributed by atoms with Gasteiger partial charge in [-0.15, -0.1) is 0 Å². The Hall–Kier alpha value is -0.0600. The van der Waals surface area contributed by atoms with E-state index in [1.807, 2.05) is 0 Å². The molecule has 0 aliphatic carbocycles. The monoisotopic (exact) mass is 407 g/mol. The van der Waals surface area contributed by atoms with E-state index in [4.69, 9.17) is 9.47 Å². The zero-order chi connectivity index (χ0) is 17.4. The summed E-state index contributed by atoms with van der Waals surface area (Å²) in [6.45, 7) is 9.26. The van der Waals surface area contributed by atoms with Crippen LogP contribution in [-0.4, -0.2) is 52.0 Å². The van der Waals surface area contributed by atoms with Gasteiger partial charge in [-0.1, -0.05) is 71.3 Å². The van der Waals surface area contributed by atoms with Crippen LogP contribution < -0.4 is 17.0 Å². The summed E-state index contributed by atoms with van der Waals surface area (Å²) in [5.41, 5.74) is 0. The van der Waals surface area contributed by atoms with Gasteiger partial charge in [0, 0.05) is 0 Å². The van der Waals surface area contributed by atoms with E-state index in [0.29, 0.717) is 6.61 Å². The van der Waals surface area contributed by atoms with Crippen LogP contribution in [0, 0.1) is 0 Å². The molecule has 0 spiro atoms. The summed E-state index contributed by atoms with van der Waals surface area (Å²) >= 11 is 0. The van der Waals surface area contributed by atoms with Crippen molar-refractivity contribution in [3.63, 3.8) is 0 Å². The predicted molar refractivity (Wildman–Crippen MR) is 101 cm³/mol. The maximum absolute atomic E-state index is 5.62. The van der Waals surface area contributed by atoms with E-state index in [1.54, 1.807) is 0 Å². The fraction of sp³-hybridized carbons (Fsp3) is 0.900. The van der Waals surface area contributed by atoms with Gasteiger partial charge in [0.2, 0.25) is 0 Å². The molecule has 0 heterocycles. The molecule has 3 nitrogen and oxygen atoms in total. The van der Waals surface area contributed by atoms with Crippen LogP contribution in [0.3, 0.4) is 0 Å². The number of hydrogen-bond donors (Lipinski definition) is 0. The number of hydrogen-bond acceptors (Lipinski definition) is 2. The lowest BCUT2D eigenvalue weighted by atomic mass is 10.1. The molecule has 146 valence electrons. The standard InChI is InChI=1S/C20H42NO2.BrH/c1-6-7-8-9-10-11-12-13-14-15-17-23-20(2)19-22-18-16-21(3,4)5;/h2,6-19H2,1,3-5H3;1H/q+1;/p-1. The second-order valence-electron chi connectivity index (χ2n) is 7.64. The Balaban J connectivity index is 0. The van der Waals surface area contributed by atoms with E-state index < -0.39 is 0 Å². The van der Waals surface area contributed by atoms with Gasteiger partial charge in [0.25, 0.3) is 0 Å². The van der Waals surface area contributed by atoms with Gasteiger partial charge in [0.1, 0.15) is 18.9 Å². The van der Waals surface area contributed by atoms with Crippen LogP contribution in [0.5, 0.6) is 0 Å². The molecule has 0 aromatic rings. The number of nitrogens with zero attached hydrogens (tertiary/aromatic N) is 1. The Morgan fingerprint density at radius 1 is 0.792 bits per heavy atom. The van der Waals surface area contributed by atoms with E-state index in [-0.39, 0.29) is 17.0 Å². The highest BCUT2D eigenvalue weighted by molar-refractivity contribution is 4.81. The molecule has 0 bridgehead atoms. The molecule has 0 aromatic carbocycles. The molecular weight excluding hydrogens is 366 g/mol. The van der Waals surface area contributed by atoms with E-state index >= 15 is 0 Å². The third kappa shape index (κ3) is 21.9. The van der Waals surface area contributed by atoms with Crippen LogP contribution >= 0.6 is 0 Å². The molecule has 0 amide bonds. The number of halogens is 1. The molecule has 0 aromatic heterocycles. The average molecular weight is 408 g/mol. The van der Waals surface area contributed by atoms with E-state index in [9.17, 15) is 0 Å². The normalized spacial score (nSPS) is 11.2. The smallest absolute Gasteiger partial charge is 0.114 e. The molecule has 0 aliphatic heterocycles. The van der Waals surface area contributed by atoms with Crippen molar-refractivity contribution < 1.29 is 30.9 Å². The fourth-order valence-corrected chi connectivity index (χ4v) is 2.37. The summed E-state index contributed by atoms with van der Waals surface area (Å²) in [4.78, 5) is 0. The van der Waals surface area contributed by atoms with Crippen molar-refractivity contribution in [1.29, 1.82) is 0 Å². The van der Waals surface area contributed by atoms with Gasteiger partial charge in [0.15, 0.2) is 0 Å². The first-order valence-electron chi connectivity index (χ1n) is 9.64. The molecule has 4 heteroatoms. The SMILES string of the molecule is C=C(COCC[N+](C)(C)C)OCCCCCCCCCCCC.[Br-]. The largest absolute Gasteiger partial charge is 1.00 e. The molecule has 0 saturated carbocycles. The lowest BCUT2D eigenvalue weighted by Crippen LogP contribution is -3.00. The Labute approximate surface area is 162 Å². The van der Waals surface area contributed by atoms with Crippen molar-refractivity contribution >= 4 is 0 Å². The molecule has 24 heavy (non-hydrogen) atoms. The Bertz CT molecular complexity index is 277. The topological polar surface area (TPSA) is 18.5 Å². The molecule has 0 aliphatic rings. The predicted octanol–water partition coefficient (Wildman–Crippen LogP) is 2.16. The molecule has 0 saturated heterocycles. The minimum Gasteiger partial charge on any atom is -1.00 e. The van der Waals surface area contributed by atoms with Crippen LogP contribution in [0.1, 0.15) is 71.1 Å².